The first-order chi connectivity index (χ1) is 6.53. The summed E-state index contributed by atoms with van der Waals surface area (Å²) in [4.78, 5) is 22.6. The second kappa shape index (κ2) is 3.98. The molecule has 0 aromatic carbocycles. The minimum Gasteiger partial charge on any atom is -0.480 e. The van der Waals surface area contributed by atoms with Crippen LogP contribution < -0.4 is 0 Å². The van der Waals surface area contributed by atoms with Crippen LogP contribution in [0, 0.1) is 11.3 Å². The van der Waals surface area contributed by atoms with Gasteiger partial charge in [0.05, 0.1) is 6.61 Å². The molecule has 0 saturated heterocycles. The maximum Gasteiger partial charge on any atom is 0.323 e. The number of aliphatic carboxylic acids is 1. The third-order valence-corrected chi connectivity index (χ3v) is 2.84. The summed E-state index contributed by atoms with van der Waals surface area (Å²) in [6.07, 6.45) is 1.59. The Morgan fingerprint density at radius 3 is 2.57 bits per heavy atom. The van der Waals surface area contributed by atoms with Crippen molar-refractivity contribution >= 4 is 11.9 Å². The fraction of sp³-hybridized carbons (Fsp3) is 0.800. The summed E-state index contributed by atoms with van der Waals surface area (Å²) in [5, 5.41) is 9.08. The zero-order valence-corrected chi connectivity index (χ0v) is 8.58. The summed E-state index contributed by atoms with van der Waals surface area (Å²) >= 11 is 0. The van der Waals surface area contributed by atoms with E-state index in [1.54, 1.807) is 6.92 Å². The van der Waals surface area contributed by atoms with Crippen LogP contribution in [0.15, 0.2) is 0 Å². The van der Waals surface area contributed by atoms with E-state index >= 15 is 0 Å². The van der Waals surface area contributed by atoms with E-state index in [1.807, 2.05) is 6.92 Å². The maximum absolute atomic E-state index is 11.6. The number of rotatable bonds is 3. The monoisotopic (exact) mass is 200 g/mol. The lowest BCUT2D eigenvalue weighted by Crippen LogP contribution is -2.38. The summed E-state index contributed by atoms with van der Waals surface area (Å²) in [6, 6.07) is 0. The fourth-order valence-electron chi connectivity index (χ4n) is 2.03. The van der Waals surface area contributed by atoms with Crippen LogP contribution in [0.2, 0.25) is 0 Å². The Labute approximate surface area is 83.2 Å². The molecule has 0 aliphatic heterocycles. The molecule has 80 valence electrons. The van der Waals surface area contributed by atoms with Gasteiger partial charge in [-0.2, -0.15) is 0 Å². The van der Waals surface area contributed by atoms with E-state index in [-0.39, 0.29) is 12.5 Å². The third-order valence-electron chi connectivity index (χ3n) is 2.84. The fourth-order valence-corrected chi connectivity index (χ4v) is 2.03. The third kappa shape index (κ3) is 1.74. The molecule has 0 spiro atoms. The standard InChI is InChI=1S/C10H16O4/c1-3-14-9(13)10(8(11)12)5-4-7(2)6-10/h7H,3-6H2,1-2H3,(H,11,12). The molecule has 1 aliphatic rings. The highest BCUT2D eigenvalue weighted by molar-refractivity contribution is 5.99. The molecule has 0 amide bonds. The van der Waals surface area contributed by atoms with Crippen molar-refractivity contribution in [3.05, 3.63) is 0 Å². The Balaban J connectivity index is 2.83. The molecule has 0 aromatic rings. The smallest absolute Gasteiger partial charge is 0.323 e. The van der Waals surface area contributed by atoms with E-state index in [0.717, 1.165) is 6.42 Å². The average molecular weight is 200 g/mol. The predicted molar refractivity (Wildman–Crippen MR) is 49.7 cm³/mol. The normalized spacial score (nSPS) is 31.4. The van der Waals surface area contributed by atoms with Gasteiger partial charge in [-0.3, -0.25) is 9.59 Å². The molecule has 2 atom stereocenters. The van der Waals surface area contributed by atoms with Crippen LogP contribution in [0.3, 0.4) is 0 Å². The second-order valence-electron chi connectivity index (χ2n) is 3.96. The van der Waals surface area contributed by atoms with Crippen molar-refractivity contribution in [1.29, 1.82) is 0 Å². The molecule has 1 fully saturated rings. The Morgan fingerprint density at radius 1 is 1.57 bits per heavy atom. The van der Waals surface area contributed by atoms with Gasteiger partial charge < -0.3 is 9.84 Å². The number of hydrogen-bond donors (Lipinski definition) is 1. The van der Waals surface area contributed by atoms with Gasteiger partial charge in [-0.25, -0.2) is 0 Å². The van der Waals surface area contributed by atoms with Crippen molar-refractivity contribution in [1.82, 2.24) is 0 Å². The largest absolute Gasteiger partial charge is 0.480 e. The highest BCUT2D eigenvalue weighted by atomic mass is 16.5. The van der Waals surface area contributed by atoms with E-state index in [2.05, 4.69) is 0 Å². The molecule has 1 aliphatic carbocycles. The van der Waals surface area contributed by atoms with Crippen LogP contribution in [0.25, 0.3) is 0 Å². The lowest BCUT2D eigenvalue weighted by Gasteiger charge is -2.21. The van der Waals surface area contributed by atoms with Crippen molar-refractivity contribution in [3.63, 3.8) is 0 Å². The van der Waals surface area contributed by atoms with Crippen LogP contribution in [-0.2, 0) is 14.3 Å². The van der Waals surface area contributed by atoms with Gasteiger partial charge in [-0.15, -0.1) is 0 Å². The van der Waals surface area contributed by atoms with Crippen molar-refractivity contribution in [2.45, 2.75) is 33.1 Å². The summed E-state index contributed by atoms with van der Waals surface area (Å²) in [5.74, 6) is -1.33. The number of esters is 1. The van der Waals surface area contributed by atoms with Gasteiger partial charge in [-0.05, 0) is 32.1 Å². The van der Waals surface area contributed by atoms with E-state index in [9.17, 15) is 9.59 Å². The quantitative estimate of drug-likeness (QED) is 0.553. The first-order valence-electron chi connectivity index (χ1n) is 4.93. The van der Waals surface area contributed by atoms with Crippen LogP contribution in [0.1, 0.15) is 33.1 Å². The number of carbonyl (C=O) groups is 2. The average Bonchev–Trinajstić information content (AvgIpc) is 2.49. The van der Waals surface area contributed by atoms with Gasteiger partial charge in [-0.1, -0.05) is 6.92 Å². The number of ether oxygens (including phenoxy) is 1. The summed E-state index contributed by atoms with van der Waals surface area (Å²) in [6.45, 7) is 3.89. The summed E-state index contributed by atoms with van der Waals surface area (Å²) in [7, 11) is 0. The Kier molecular flexibility index (Phi) is 3.13. The van der Waals surface area contributed by atoms with Crippen molar-refractivity contribution in [2.75, 3.05) is 6.61 Å². The number of carboxylic acid groups (broad SMARTS) is 1. The molecule has 1 rings (SSSR count). The van der Waals surface area contributed by atoms with Crippen molar-refractivity contribution in [2.24, 2.45) is 11.3 Å². The van der Waals surface area contributed by atoms with Crippen LogP contribution in [0.5, 0.6) is 0 Å². The molecule has 2 unspecified atom stereocenters. The molecular weight excluding hydrogens is 184 g/mol. The molecule has 4 nitrogen and oxygen atoms in total. The first kappa shape index (κ1) is 11.0. The van der Waals surface area contributed by atoms with E-state index < -0.39 is 17.4 Å². The lowest BCUT2D eigenvalue weighted by molar-refractivity contribution is -0.168. The molecule has 4 heteroatoms. The second-order valence-corrected chi connectivity index (χ2v) is 3.96. The SMILES string of the molecule is CCOC(=O)C1(C(=O)O)CCC(C)C1. The molecule has 1 N–H and O–H groups in total. The zero-order valence-electron chi connectivity index (χ0n) is 8.58. The molecule has 1 saturated carbocycles. The van der Waals surface area contributed by atoms with Crippen LogP contribution in [-0.4, -0.2) is 23.7 Å². The highest BCUT2D eigenvalue weighted by Crippen LogP contribution is 2.42. The topological polar surface area (TPSA) is 63.6 Å². The first-order valence-corrected chi connectivity index (χ1v) is 4.93. The Morgan fingerprint density at radius 2 is 2.21 bits per heavy atom. The van der Waals surface area contributed by atoms with E-state index in [4.69, 9.17) is 9.84 Å². The minimum absolute atomic E-state index is 0.238. The number of carboxylic acids is 1. The van der Waals surface area contributed by atoms with Gasteiger partial charge in [0.1, 0.15) is 0 Å². The van der Waals surface area contributed by atoms with Gasteiger partial charge in [0.25, 0.3) is 0 Å². The van der Waals surface area contributed by atoms with E-state index in [1.165, 1.54) is 0 Å². The van der Waals surface area contributed by atoms with Gasteiger partial charge >= 0.3 is 11.9 Å². The number of hydrogen-bond acceptors (Lipinski definition) is 3. The lowest BCUT2D eigenvalue weighted by atomic mass is 9.85. The molecular formula is C10H16O4. The van der Waals surface area contributed by atoms with Gasteiger partial charge in [0.15, 0.2) is 5.41 Å². The van der Waals surface area contributed by atoms with Crippen LogP contribution >= 0.6 is 0 Å². The van der Waals surface area contributed by atoms with Gasteiger partial charge in [0.2, 0.25) is 0 Å². The van der Waals surface area contributed by atoms with Crippen molar-refractivity contribution < 1.29 is 19.4 Å². The van der Waals surface area contributed by atoms with Gasteiger partial charge in [0, 0.05) is 0 Å². The molecule has 0 radical (unpaired) electrons. The minimum atomic E-state index is -1.27. The van der Waals surface area contributed by atoms with Crippen molar-refractivity contribution in [3.8, 4) is 0 Å². The summed E-state index contributed by atoms with van der Waals surface area (Å²) in [5.41, 5.74) is -1.27. The molecule has 14 heavy (non-hydrogen) atoms. The number of carbonyl (C=O) groups excluding carboxylic acids is 1. The summed E-state index contributed by atoms with van der Waals surface area (Å²) < 4.78 is 4.82. The Hall–Kier alpha value is -1.06. The Bertz CT molecular complexity index is 249. The molecule has 0 aromatic heterocycles. The zero-order chi connectivity index (χ0) is 10.8. The maximum atomic E-state index is 11.6. The highest BCUT2D eigenvalue weighted by Gasteiger charge is 2.51. The molecule has 0 heterocycles. The molecule has 0 bridgehead atoms. The van der Waals surface area contributed by atoms with E-state index in [0.29, 0.717) is 12.8 Å². The van der Waals surface area contributed by atoms with Crippen LogP contribution in [0.4, 0.5) is 0 Å². The predicted octanol–water partition coefficient (Wildman–Crippen LogP) is 1.44.